The van der Waals surface area contributed by atoms with Crippen LogP contribution in [0.3, 0.4) is 0 Å². The third-order valence-corrected chi connectivity index (χ3v) is 21.1. The molecule has 0 spiro atoms. The number of hydrogen-bond acceptors (Lipinski definition) is 1. The van der Waals surface area contributed by atoms with Crippen molar-refractivity contribution in [1.82, 2.24) is 0 Å². The van der Waals surface area contributed by atoms with Crippen molar-refractivity contribution in [3.8, 4) is 118 Å². The molecule has 0 unspecified atom stereocenters. The van der Waals surface area contributed by atoms with E-state index in [4.69, 9.17) is 4.74 Å². The molecular formula is C97H83FN5O+5. The summed E-state index contributed by atoms with van der Waals surface area (Å²) in [6.07, 6.45) is 10.7. The molecule has 0 atom stereocenters. The van der Waals surface area contributed by atoms with Gasteiger partial charge in [-0.2, -0.15) is 22.8 Å². The molecule has 0 N–H and O–H groups in total. The zero-order chi connectivity index (χ0) is 71.0. The molecule has 0 amide bonds. The summed E-state index contributed by atoms with van der Waals surface area (Å²) in [5.41, 5.74) is 40.8. The summed E-state index contributed by atoms with van der Waals surface area (Å²) < 4.78 is 29.7. The number of nitrogens with zero attached hydrogens (tertiary/aromatic N) is 5. The van der Waals surface area contributed by atoms with Gasteiger partial charge in [0.2, 0.25) is 28.5 Å². The number of aromatic nitrogens is 5. The average molecular weight is 1350 g/mol. The van der Waals surface area contributed by atoms with E-state index < -0.39 is 0 Å². The number of halogens is 1. The molecule has 6 nitrogen and oxygen atoms in total. The summed E-state index contributed by atoms with van der Waals surface area (Å²) in [6.45, 7) is 17.9. The molecule has 0 saturated heterocycles. The van der Waals surface area contributed by atoms with Crippen molar-refractivity contribution in [3.05, 3.63) is 383 Å². The van der Waals surface area contributed by atoms with E-state index in [2.05, 4.69) is 344 Å². The number of rotatable bonds is 6. The van der Waals surface area contributed by atoms with Gasteiger partial charge in [-0.25, -0.2) is 4.39 Å². The Morgan fingerprint density at radius 2 is 0.529 bits per heavy atom. The zero-order valence-electron chi connectivity index (χ0n) is 60.1. The quantitative estimate of drug-likeness (QED) is 0.153. The van der Waals surface area contributed by atoms with E-state index in [-0.39, 0.29) is 5.82 Å². The summed E-state index contributed by atoms with van der Waals surface area (Å²) in [4.78, 5) is 0. The fourth-order valence-corrected chi connectivity index (χ4v) is 15.9. The van der Waals surface area contributed by atoms with Gasteiger partial charge in [0.1, 0.15) is 11.6 Å². The normalized spacial score (nSPS) is 12.0. The summed E-state index contributed by atoms with van der Waals surface area (Å²) >= 11 is 0. The predicted octanol–water partition coefficient (Wildman–Crippen LogP) is 20.3. The highest BCUT2D eigenvalue weighted by molar-refractivity contribution is 5.81. The largest absolute Gasteiger partial charge is 0.497 e. The minimum absolute atomic E-state index is 0.198. The van der Waals surface area contributed by atoms with Crippen LogP contribution in [-0.4, -0.2) is 7.11 Å². The van der Waals surface area contributed by atoms with Crippen molar-refractivity contribution in [3.63, 3.8) is 0 Å². The maximum Gasteiger partial charge on any atom is 0.213 e. The second-order valence-electron chi connectivity index (χ2n) is 28.1. The van der Waals surface area contributed by atoms with Gasteiger partial charge in [0.15, 0.2) is 63.7 Å². The van der Waals surface area contributed by atoms with Gasteiger partial charge < -0.3 is 4.74 Å². The summed E-state index contributed by atoms with van der Waals surface area (Å²) in [5.74, 6) is 0.691. The van der Waals surface area contributed by atoms with E-state index in [9.17, 15) is 4.39 Å². The Kier molecular flexibility index (Phi) is 18.2. The van der Waals surface area contributed by atoms with Crippen LogP contribution in [0.1, 0.15) is 61.2 Å². The molecule has 0 bridgehead atoms. The molecule has 0 aliphatic carbocycles. The first kappa shape index (κ1) is 66.2. The van der Waals surface area contributed by atoms with Crippen LogP contribution in [0.25, 0.3) is 112 Å². The van der Waals surface area contributed by atoms with E-state index >= 15 is 0 Å². The van der Waals surface area contributed by atoms with Crippen LogP contribution >= 0.6 is 0 Å². The topological polar surface area (TPSA) is 28.6 Å². The van der Waals surface area contributed by atoms with Crippen LogP contribution < -0.4 is 27.6 Å². The third kappa shape index (κ3) is 13.4. The fraction of sp³-hybridized carbons (Fsp3) is 0.124. The van der Waals surface area contributed by atoms with Crippen molar-refractivity contribution in [1.29, 1.82) is 0 Å². The molecule has 0 fully saturated rings. The van der Waals surface area contributed by atoms with Gasteiger partial charge in [0, 0.05) is 88.5 Å². The molecule has 0 saturated carbocycles. The van der Waals surface area contributed by atoms with Crippen LogP contribution in [0.5, 0.6) is 5.75 Å². The van der Waals surface area contributed by atoms with E-state index in [1.165, 1.54) is 174 Å². The van der Waals surface area contributed by atoms with Gasteiger partial charge in [-0.3, -0.25) is 0 Å². The fourth-order valence-electron chi connectivity index (χ4n) is 15.9. The highest BCUT2D eigenvalue weighted by atomic mass is 19.1. The Balaban J connectivity index is 0.000000100. The van der Waals surface area contributed by atoms with Crippen LogP contribution in [0.2, 0.25) is 0 Å². The Morgan fingerprint density at radius 3 is 0.856 bits per heavy atom. The van der Waals surface area contributed by atoms with E-state index in [1.807, 2.05) is 24.3 Å². The predicted molar refractivity (Wildman–Crippen MR) is 418 cm³/mol. The van der Waals surface area contributed by atoms with Gasteiger partial charge in [0.25, 0.3) is 0 Å². The number of pyridine rings is 5. The first-order chi connectivity index (χ1) is 50.8. The van der Waals surface area contributed by atoms with Gasteiger partial charge in [-0.15, -0.1) is 0 Å². The lowest BCUT2D eigenvalue weighted by atomic mass is 9.91. The molecule has 0 radical (unpaired) electrons. The van der Waals surface area contributed by atoms with E-state index in [0.29, 0.717) is 0 Å². The molecule has 20 rings (SSSR count). The minimum atomic E-state index is -0.198. The average Bonchev–Trinajstić information content (AvgIpc) is 1.53. The number of hydrogen-bond donors (Lipinski definition) is 0. The second-order valence-corrected chi connectivity index (χ2v) is 28.1. The van der Waals surface area contributed by atoms with Gasteiger partial charge in [-0.05, 0) is 204 Å². The molecule has 15 aromatic rings. The molecule has 7 heteroatoms. The van der Waals surface area contributed by atoms with Crippen molar-refractivity contribution in [2.75, 3.05) is 7.11 Å². The van der Waals surface area contributed by atoms with Crippen molar-refractivity contribution in [2.24, 2.45) is 0 Å². The zero-order valence-corrected chi connectivity index (χ0v) is 60.1. The van der Waals surface area contributed by atoms with Crippen molar-refractivity contribution < 1.29 is 32.0 Å². The van der Waals surface area contributed by atoms with E-state index in [1.54, 1.807) is 7.11 Å². The third-order valence-electron chi connectivity index (χ3n) is 21.1. The van der Waals surface area contributed by atoms with Crippen LogP contribution in [0.4, 0.5) is 4.39 Å². The van der Waals surface area contributed by atoms with Crippen LogP contribution in [0, 0.1) is 47.4 Å². The Hall–Kier alpha value is -12.3. The SMILES string of the molecule is COc1ccc(-c2ccc3c(c2)-c2cccc[n+]2C3)cc1.Cc1cc(C)c(-c2ccc3c(c2)-c2cccc[n+]2C3)c(C)c1.Cc1ccc(-c2ccc3c(c2)-c2cccc[n+]2C3)cc1.Cc1cccc(C)c1-c1ccc2c(c1)-c1cccc[n+]1C2.Fc1ccc(-c2ccc3c(c2)-c2cccc[n+]2C3)cc1. The summed E-state index contributed by atoms with van der Waals surface area (Å²) in [7, 11) is 1.69. The van der Waals surface area contributed by atoms with Gasteiger partial charge >= 0.3 is 0 Å². The highest BCUT2D eigenvalue weighted by Crippen LogP contribution is 2.39. The van der Waals surface area contributed by atoms with Gasteiger partial charge in [0.05, 0.1) is 34.9 Å². The molecule has 5 aliphatic rings. The van der Waals surface area contributed by atoms with E-state index in [0.717, 1.165) is 49.6 Å². The summed E-state index contributed by atoms with van der Waals surface area (Å²) in [6, 6.07) is 100. The number of methoxy groups -OCH3 is 1. The maximum atomic E-state index is 13.0. The number of ether oxygens (including phenoxy) is 1. The Morgan fingerprint density at radius 1 is 0.250 bits per heavy atom. The number of aryl methyl sites for hydroxylation is 6. The highest BCUT2D eigenvalue weighted by Gasteiger charge is 2.31. The number of benzene rings is 10. The second kappa shape index (κ2) is 28.6. The monoisotopic (exact) mass is 1350 g/mol. The van der Waals surface area contributed by atoms with Gasteiger partial charge in [-0.1, -0.05) is 151 Å². The van der Waals surface area contributed by atoms with Crippen LogP contribution in [-0.2, 0) is 32.7 Å². The molecule has 504 valence electrons. The van der Waals surface area contributed by atoms with Crippen molar-refractivity contribution >= 4 is 0 Å². The molecule has 5 aliphatic heterocycles. The molecule has 10 aromatic carbocycles. The Bertz CT molecular complexity index is 5600. The lowest BCUT2D eigenvalue weighted by molar-refractivity contribution is -0.672. The first-order valence-corrected chi connectivity index (χ1v) is 36.1. The number of fused-ring (bicyclic) bond motifs is 15. The smallest absolute Gasteiger partial charge is 0.213 e. The molecular weight excluding hydrogens is 1270 g/mol. The molecule has 10 heterocycles. The summed E-state index contributed by atoms with van der Waals surface area (Å²) in [5, 5.41) is 0. The maximum absolute atomic E-state index is 13.0. The first-order valence-electron chi connectivity index (χ1n) is 36.1. The van der Waals surface area contributed by atoms with Crippen molar-refractivity contribution in [2.45, 2.75) is 74.3 Å². The molecule has 5 aromatic heterocycles. The standard InChI is InChI=1S/C21H20N.C20H18N.C19H16NO.C19H16N.C18H13FN/c1-14-10-15(2)21(16(3)11-14)17-7-8-18-13-22-9-5-4-6-20(22)19(18)12-17;1-14-6-5-7-15(2)20(14)16-9-10-17-13-21-11-4-3-8-19(21)18(17)12-16;1-21-17-9-7-14(8-10-17)15-5-6-16-13-20-11-3-2-4-19(20)18(16)12-15;1-14-5-7-15(8-6-14)16-9-10-17-13-20-11-3-2-4-19(20)18(17)12-16;19-16-8-6-13(7-9-16)14-4-5-15-12-20-10-2-1-3-18(20)17(15)11-14/h4-12H,13H2,1-3H3;3-12H,13H2,1-2H3;2-12H,13H2,1H3;2-12H,13H2,1H3;1-11H,12H2/q5*+1. The lowest BCUT2D eigenvalue weighted by Crippen LogP contribution is -2.31. The van der Waals surface area contributed by atoms with Crippen LogP contribution in [0.15, 0.2) is 316 Å². The minimum Gasteiger partial charge on any atom is -0.497 e. The molecule has 104 heavy (non-hydrogen) atoms. The lowest BCUT2D eigenvalue weighted by Gasteiger charge is -2.12. The Labute approximate surface area is 610 Å².